The van der Waals surface area contributed by atoms with Gasteiger partial charge in [0.05, 0.1) is 22.8 Å². The number of carbonyl (C=O) groups excluding carboxylic acids is 2. The van der Waals surface area contributed by atoms with Crippen LogP contribution in [0.3, 0.4) is 0 Å². The smallest absolute Gasteiger partial charge is 0.406 e. The zero-order valence-electron chi connectivity index (χ0n) is 25.6. The Balaban J connectivity index is 1.61. The van der Waals surface area contributed by atoms with Crippen molar-refractivity contribution in [2.45, 2.75) is 43.7 Å². The summed E-state index contributed by atoms with van der Waals surface area (Å²) in [5.41, 5.74) is 6.16. The van der Waals surface area contributed by atoms with E-state index in [9.17, 15) is 44.7 Å². The Morgan fingerprint density at radius 2 is 1.68 bits per heavy atom. The number of carbonyl (C=O) groups is 2. The molecule has 0 bridgehead atoms. The summed E-state index contributed by atoms with van der Waals surface area (Å²) in [5, 5.41) is 2.21. The molecule has 0 aliphatic carbocycles. The number of nitrogens with zero attached hydrogens (tertiary/aromatic N) is 3. The molecule has 5 aromatic rings. The molecule has 50 heavy (non-hydrogen) atoms. The van der Waals surface area contributed by atoms with Gasteiger partial charge < -0.3 is 20.4 Å². The number of amides is 2. The van der Waals surface area contributed by atoms with E-state index in [2.05, 4.69) is 32.7 Å². The summed E-state index contributed by atoms with van der Waals surface area (Å²) in [6.45, 7) is 0.643. The number of aromatic nitrogens is 3. The SMILES string of the molecule is C[C@H](S)c1cnc([C@H](Cc2cc(F)cc(F)c2)NC(=O)Cn2c(C(F)(F)F)nc3ccc(OC(F)(F)F)cc32)c(-c2cccc(C(N)=O)c2)c1. The number of imidazole rings is 1. The fraction of sp³-hybridized carbons (Fsp3) is 0.212. The van der Waals surface area contributed by atoms with Gasteiger partial charge in [0.15, 0.2) is 0 Å². The van der Waals surface area contributed by atoms with Gasteiger partial charge in [-0.05, 0) is 72.5 Å². The maximum absolute atomic E-state index is 14.2. The summed E-state index contributed by atoms with van der Waals surface area (Å²) in [4.78, 5) is 33.6. The molecule has 0 spiro atoms. The number of halogens is 8. The monoisotopic (exact) mass is 723 g/mol. The van der Waals surface area contributed by atoms with Crippen LogP contribution >= 0.6 is 12.6 Å². The second-order valence-corrected chi connectivity index (χ2v) is 11.9. The maximum atomic E-state index is 14.2. The minimum Gasteiger partial charge on any atom is -0.406 e. The molecule has 0 fully saturated rings. The van der Waals surface area contributed by atoms with Crippen LogP contribution < -0.4 is 15.8 Å². The van der Waals surface area contributed by atoms with Gasteiger partial charge in [-0.2, -0.15) is 25.8 Å². The highest BCUT2D eigenvalue weighted by atomic mass is 32.1. The molecule has 262 valence electrons. The van der Waals surface area contributed by atoms with Gasteiger partial charge in [-0.25, -0.2) is 13.8 Å². The van der Waals surface area contributed by atoms with Gasteiger partial charge in [-0.15, -0.1) is 13.2 Å². The van der Waals surface area contributed by atoms with Crippen LogP contribution in [0.4, 0.5) is 35.1 Å². The lowest BCUT2D eigenvalue weighted by Gasteiger charge is -2.23. The second kappa shape index (κ2) is 14.0. The molecule has 3 aromatic carbocycles. The van der Waals surface area contributed by atoms with Crippen molar-refractivity contribution in [1.82, 2.24) is 19.9 Å². The van der Waals surface area contributed by atoms with Crippen molar-refractivity contribution in [1.29, 1.82) is 0 Å². The Bertz CT molecular complexity index is 2060. The van der Waals surface area contributed by atoms with Crippen molar-refractivity contribution < 1.29 is 49.4 Å². The van der Waals surface area contributed by atoms with Crippen molar-refractivity contribution in [2.24, 2.45) is 5.73 Å². The van der Waals surface area contributed by atoms with Gasteiger partial charge in [-0.1, -0.05) is 12.1 Å². The Morgan fingerprint density at radius 3 is 2.30 bits per heavy atom. The molecule has 17 heteroatoms. The Morgan fingerprint density at radius 1 is 0.980 bits per heavy atom. The van der Waals surface area contributed by atoms with Crippen LogP contribution in [-0.2, 0) is 23.9 Å². The largest absolute Gasteiger partial charge is 0.573 e. The number of nitrogens with two attached hydrogens (primary N) is 1. The summed E-state index contributed by atoms with van der Waals surface area (Å²) < 4.78 is 114. The van der Waals surface area contributed by atoms with E-state index < -0.39 is 65.7 Å². The molecule has 2 heterocycles. The number of nitrogens with one attached hydrogen (secondary N) is 1. The van der Waals surface area contributed by atoms with E-state index in [1.165, 1.54) is 24.4 Å². The number of benzene rings is 3. The van der Waals surface area contributed by atoms with Crippen molar-refractivity contribution in [3.63, 3.8) is 0 Å². The number of fused-ring (bicyclic) bond motifs is 1. The number of thiol groups is 1. The van der Waals surface area contributed by atoms with E-state index in [0.29, 0.717) is 33.4 Å². The quantitative estimate of drug-likeness (QED) is 0.102. The molecule has 2 amide bonds. The summed E-state index contributed by atoms with van der Waals surface area (Å²) >= 11 is 4.45. The summed E-state index contributed by atoms with van der Waals surface area (Å²) in [6.07, 6.45) is -9.20. The van der Waals surface area contributed by atoms with Crippen molar-refractivity contribution in [3.05, 3.63) is 113 Å². The first-order valence-electron chi connectivity index (χ1n) is 14.5. The van der Waals surface area contributed by atoms with E-state index >= 15 is 0 Å². The number of hydrogen-bond acceptors (Lipinski definition) is 6. The van der Waals surface area contributed by atoms with E-state index in [4.69, 9.17) is 5.73 Å². The van der Waals surface area contributed by atoms with Crippen LogP contribution in [0, 0.1) is 11.6 Å². The van der Waals surface area contributed by atoms with Gasteiger partial charge in [0, 0.05) is 34.7 Å². The molecule has 0 unspecified atom stereocenters. The molecule has 0 saturated heterocycles. The van der Waals surface area contributed by atoms with E-state index in [1.807, 2.05) is 0 Å². The standard InChI is InChI=1S/C33H25F8N5O3S/c1-16(50)20-11-24(18-3-2-4-19(10-18)30(42)48)29(43-14-20)26(9-17-7-21(34)12-22(35)8-17)44-28(47)15-46-27-13-23(49-33(39,40)41)5-6-25(27)45-31(46)32(36,37)38/h2-8,10-14,16,26,50H,9,15H2,1H3,(H2,42,48)(H,44,47)/t16-,26-/m0/s1. The molecule has 2 atom stereocenters. The topological polar surface area (TPSA) is 112 Å². The van der Waals surface area contributed by atoms with Crippen LogP contribution in [0.1, 0.15) is 51.2 Å². The van der Waals surface area contributed by atoms with Crippen LogP contribution in [0.15, 0.2) is 72.9 Å². The fourth-order valence-electron chi connectivity index (χ4n) is 5.31. The molecule has 2 aromatic heterocycles. The van der Waals surface area contributed by atoms with Gasteiger partial charge >= 0.3 is 12.5 Å². The normalized spacial score (nSPS) is 13.2. The molecule has 0 aliphatic heterocycles. The second-order valence-electron chi connectivity index (χ2n) is 11.1. The van der Waals surface area contributed by atoms with Crippen LogP contribution in [0.2, 0.25) is 0 Å². The molecule has 0 radical (unpaired) electrons. The zero-order valence-corrected chi connectivity index (χ0v) is 26.5. The Kier molecular flexibility index (Phi) is 10.1. The van der Waals surface area contributed by atoms with Crippen molar-refractivity contribution >= 4 is 35.5 Å². The minimum absolute atomic E-state index is 0.0380. The third kappa shape index (κ3) is 8.50. The number of ether oxygens (including phenoxy) is 1. The Labute approximate surface area is 283 Å². The third-order valence-corrected chi connectivity index (χ3v) is 7.71. The molecular weight excluding hydrogens is 698 g/mol. The van der Waals surface area contributed by atoms with E-state index in [0.717, 1.165) is 24.3 Å². The first-order valence-corrected chi connectivity index (χ1v) is 15.1. The number of alkyl halides is 6. The molecule has 5 rings (SSSR count). The van der Waals surface area contributed by atoms with E-state index in [1.54, 1.807) is 19.1 Å². The predicted octanol–water partition coefficient (Wildman–Crippen LogP) is 7.48. The average molecular weight is 724 g/mol. The molecule has 8 nitrogen and oxygen atoms in total. The lowest BCUT2D eigenvalue weighted by Crippen LogP contribution is -2.34. The zero-order chi connectivity index (χ0) is 36.5. The molecule has 0 aliphatic rings. The van der Waals surface area contributed by atoms with Gasteiger partial charge in [0.1, 0.15) is 23.9 Å². The van der Waals surface area contributed by atoms with Gasteiger partial charge in [0.2, 0.25) is 17.6 Å². The number of hydrogen-bond donors (Lipinski definition) is 3. The van der Waals surface area contributed by atoms with Gasteiger partial charge in [0.25, 0.3) is 0 Å². The minimum atomic E-state index is -5.16. The average Bonchev–Trinajstić information content (AvgIpc) is 3.37. The van der Waals surface area contributed by atoms with Crippen LogP contribution in [0.25, 0.3) is 22.2 Å². The van der Waals surface area contributed by atoms with Crippen molar-refractivity contribution in [2.75, 3.05) is 0 Å². The lowest BCUT2D eigenvalue weighted by molar-refractivity contribution is -0.274. The first kappa shape index (κ1) is 36.1. The van der Waals surface area contributed by atoms with E-state index in [-0.39, 0.29) is 34.0 Å². The predicted molar refractivity (Wildman–Crippen MR) is 168 cm³/mol. The summed E-state index contributed by atoms with van der Waals surface area (Å²) in [7, 11) is 0. The highest BCUT2D eigenvalue weighted by Crippen LogP contribution is 2.35. The van der Waals surface area contributed by atoms with Gasteiger partial charge in [-0.3, -0.25) is 14.6 Å². The molecule has 0 saturated carbocycles. The number of primary amides is 1. The maximum Gasteiger partial charge on any atom is 0.573 e. The third-order valence-electron chi connectivity index (χ3n) is 7.42. The lowest BCUT2D eigenvalue weighted by atomic mass is 9.93. The summed E-state index contributed by atoms with van der Waals surface area (Å²) in [6, 6.07) is 11.3. The number of pyridine rings is 1. The summed E-state index contributed by atoms with van der Waals surface area (Å²) in [5.74, 6) is -6.16. The Hall–Kier alpha value is -5.19. The van der Waals surface area contributed by atoms with Crippen LogP contribution in [0.5, 0.6) is 5.75 Å². The molecule has 3 N–H and O–H groups in total. The first-order chi connectivity index (χ1) is 23.4. The van der Waals surface area contributed by atoms with Crippen molar-refractivity contribution in [3.8, 4) is 16.9 Å². The highest BCUT2D eigenvalue weighted by Gasteiger charge is 2.39. The fourth-order valence-corrected chi connectivity index (χ4v) is 5.45. The van der Waals surface area contributed by atoms with Crippen LogP contribution in [-0.4, -0.2) is 32.7 Å². The highest BCUT2D eigenvalue weighted by molar-refractivity contribution is 7.80. The number of rotatable bonds is 10. The molecular formula is C33H25F8N5O3S.